The van der Waals surface area contributed by atoms with Gasteiger partial charge in [-0.3, -0.25) is 9.59 Å². The molecule has 0 aromatic heterocycles. The van der Waals surface area contributed by atoms with E-state index in [1.165, 1.54) is 0 Å². The maximum absolute atomic E-state index is 12.2. The van der Waals surface area contributed by atoms with Gasteiger partial charge in [0.25, 0.3) is 0 Å². The van der Waals surface area contributed by atoms with Crippen molar-refractivity contribution >= 4 is 11.9 Å². The zero-order chi connectivity index (χ0) is 16.1. The molecule has 4 nitrogen and oxygen atoms in total. The van der Waals surface area contributed by atoms with Crippen LogP contribution in [-0.2, 0) is 19.1 Å². The summed E-state index contributed by atoms with van der Waals surface area (Å²) in [5.74, 6) is -1.03. The lowest BCUT2D eigenvalue weighted by molar-refractivity contribution is -0.171. The van der Waals surface area contributed by atoms with Crippen molar-refractivity contribution in [2.24, 2.45) is 5.41 Å². The zero-order valence-electron chi connectivity index (χ0n) is 13.8. The average molecular weight is 298 g/mol. The second kappa shape index (κ2) is 11.4. The largest absolute Gasteiger partial charge is 0.465 e. The summed E-state index contributed by atoms with van der Waals surface area (Å²) in [5, 5.41) is 0. The van der Waals surface area contributed by atoms with E-state index < -0.39 is 17.4 Å². The smallest absolute Gasteiger partial charge is 0.323 e. The third kappa shape index (κ3) is 7.30. The first-order valence-electron chi connectivity index (χ1n) is 7.98. The van der Waals surface area contributed by atoms with Crippen molar-refractivity contribution in [2.45, 2.75) is 65.7 Å². The van der Waals surface area contributed by atoms with Gasteiger partial charge in [0, 0.05) is 0 Å². The van der Waals surface area contributed by atoms with E-state index in [4.69, 9.17) is 9.47 Å². The molecule has 0 aromatic carbocycles. The van der Waals surface area contributed by atoms with Crippen LogP contribution in [0, 0.1) is 5.41 Å². The number of hydrogen-bond donors (Lipinski definition) is 0. The molecule has 0 bridgehead atoms. The lowest BCUT2D eigenvalue weighted by Gasteiger charge is -2.24. The van der Waals surface area contributed by atoms with Gasteiger partial charge in [-0.15, -0.1) is 6.58 Å². The van der Waals surface area contributed by atoms with Crippen molar-refractivity contribution in [1.29, 1.82) is 0 Å². The fraction of sp³-hybridized carbons (Fsp3) is 0.765. The van der Waals surface area contributed by atoms with Crippen molar-refractivity contribution in [3.63, 3.8) is 0 Å². The monoisotopic (exact) mass is 298 g/mol. The van der Waals surface area contributed by atoms with E-state index in [2.05, 4.69) is 20.4 Å². The number of allylic oxidation sites excluding steroid dienone is 1. The Morgan fingerprint density at radius 1 is 0.952 bits per heavy atom. The Kier molecular flexibility index (Phi) is 10.6. The van der Waals surface area contributed by atoms with Crippen LogP contribution < -0.4 is 0 Å². The van der Waals surface area contributed by atoms with E-state index in [9.17, 15) is 9.59 Å². The van der Waals surface area contributed by atoms with Crippen LogP contribution in [0.1, 0.15) is 65.7 Å². The summed E-state index contributed by atoms with van der Waals surface area (Å²) in [6.45, 7) is 10.0. The number of carbonyl (C=O) groups excluding carboxylic acids is 2. The minimum Gasteiger partial charge on any atom is -0.465 e. The van der Waals surface area contributed by atoms with Gasteiger partial charge in [0.2, 0.25) is 0 Å². The van der Waals surface area contributed by atoms with Gasteiger partial charge in [-0.05, 0) is 26.2 Å². The molecule has 0 saturated carbocycles. The Bertz CT molecular complexity index is 299. The predicted molar refractivity (Wildman–Crippen MR) is 83.9 cm³/mol. The van der Waals surface area contributed by atoms with Gasteiger partial charge in [-0.2, -0.15) is 0 Å². The van der Waals surface area contributed by atoms with Crippen LogP contribution in [0.2, 0.25) is 0 Å². The van der Waals surface area contributed by atoms with E-state index >= 15 is 0 Å². The van der Waals surface area contributed by atoms with Gasteiger partial charge in [0.05, 0.1) is 13.2 Å². The standard InChI is InChI=1S/C17H30O4/c1-5-8-10-13-20-15(18)17(4,12-7-3)16(19)21-14-11-9-6-2/h7H,3,5-6,8-14H2,1-2,4H3. The lowest BCUT2D eigenvalue weighted by atomic mass is 9.87. The molecule has 122 valence electrons. The Labute approximate surface area is 128 Å². The summed E-state index contributed by atoms with van der Waals surface area (Å²) in [6, 6.07) is 0. The second-order valence-corrected chi connectivity index (χ2v) is 5.51. The lowest BCUT2D eigenvalue weighted by Crippen LogP contribution is -2.39. The number of rotatable bonds is 12. The normalized spacial score (nSPS) is 11.0. The molecule has 0 aliphatic carbocycles. The third-order valence-corrected chi connectivity index (χ3v) is 3.42. The molecule has 0 aliphatic heterocycles. The van der Waals surface area contributed by atoms with Crippen LogP contribution in [0.15, 0.2) is 12.7 Å². The molecular formula is C17H30O4. The van der Waals surface area contributed by atoms with Gasteiger partial charge >= 0.3 is 11.9 Å². The second-order valence-electron chi connectivity index (χ2n) is 5.51. The number of carbonyl (C=O) groups is 2. The van der Waals surface area contributed by atoms with Crippen LogP contribution >= 0.6 is 0 Å². The van der Waals surface area contributed by atoms with Gasteiger partial charge < -0.3 is 9.47 Å². The van der Waals surface area contributed by atoms with Crippen LogP contribution in [0.25, 0.3) is 0 Å². The highest BCUT2D eigenvalue weighted by Gasteiger charge is 2.43. The molecule has 4 heteroatoms. The summed E-state index contributed by atoms with van der Waals surface area (Å²) in [5.41, 5.74) is -1.28. The first kappa shape index (κ1) is 19.7. The number of esters is 2. The fourth-order valence-electron chi connectivity index (χ4n) is 1.89. The van der Waals surface area contributed by atoms with Crippen LogP contribution in [-0.4, -0.2) is 25.2 Å². The summed E-state index contributed by atoms with van der Waals surface area (Å²) >= 11 is 0. The van der Waals surface area contributed by atoms with Crippen LogP contribution in [0.5, 0.6) is 0 Å². The Hall–Kier alpha value is -1.32. The quantitative estimate of drug-likeness (QED) is 0.236. The summed E-state index contributed by atoms with van der Waals surface area (Å²) in [6.07, 6.45) is 7.55. The molecule has 0 fully saturated rings. The van der Waals surface area contributed by atoms with Gasteiger partial charge in [0.15, 0.2) is 5.41 Å². The summed E-state index contributed by atoms with van der Waals surface area (Å²) < 4.78 is 10.4. The number of ether oxygens (including phenoxy) is 2. The van der Waals surface area contributed by atoms with Crippen molar-refractivity contribution in [1.82, 2.24) is 0 Å². The Balaban J connectivity index is 4.46. The Morgan fingerprint density at radius 2 is 1.38 bits per heavy atom. The molecule has 0 radical (unpaired) electrons. The molecule has 0 unspecified atom stereocenters. The average Bonchev–Trinajstić information content (AvgIpc) is 2.47. The zero-order valence-corrected chi connectivity index (χ0v) is 13.8. The SMILES string of the molecule is C=CCC(C)(C(=O)OCCCCC)C(=O)OCCCCC. The van der Waals surface area contributed by atoms with Gasteiger partial charge in [-0.25, -0.2) is 0 Å². The predicted octanol–water partition coefficient (Wildman–Crippen LogP) is 4.04. The fourth-order valence-corrected chi connectivity index (χ4v) is 1.89. The highest BCUT2D eigenvalue weighted by molar-refractivity contribution is 5.99. The summed E-state index contributed by atoms with van der Waals surface area (Å²) in [7, 11) is 0. The van der Waals surface area contributed by atoms with Crippen molar-refractivity contribution in [3.8, 4) is 0 Å². The minimum atomic E-state index is -1.28. The molecule has 0 amide bonds. The van der Waals surface area contributed by atoms with Crippen molar-refractivity contribution in [3.05, 3.63) is 12.7 Å². The number of unbranched alkanes of at least 4 members (excludes halogenated alkanes) is 4. The molecule has 0 saturated heterocycles. The topological polar surface area (TPSA) is 52.6 Å². The highest BCUT2D eigenvalue weighted by atomic mass is 16.6. The van der Waals surface area contributed by atoms with E-state index in [1.54, 1.807) is 13.0 Å². The molecule has 21 heavy (non-hydrogen) atoms. The first-order valence-corrected chi connectivity index (χ1v) is 7.98. The molecule has 0 aliphatic rings. The molecular weight excluding hydrogens is 268 g/mol. The summed E-state index contributed by atoms with van der Waals surface area (Å²) in [4.78, 5) is 24.4. The van der Waals surface area contributed by atoms with E-state index in [-0.39, 0.29) is 6.42 Å². The molecule has 0 heterocycles. The molecule has 0 atom stereocenters. The van der Waals surface area contributed by atoms with E-state index in [0.29, 0.717) is 13.2 Å². The van der Waals surface area contributed by atoms with Crippen molar-refractivity contribution in [2.75, 3.05) is 13.2 Å². The first-order chi connectivity index (χ1) is 10.0. The van der Waals surface area contributed by atoms with Gasteiger partial charge in [0.1, 0.15) is 0 Å². The van der Waals surface area contributed by atoms with E-state index in [0.717, 1.165) is 38.5 Å². The van der Waals surface area contributed by atoms with Gasteiger partial charge in [-0.1, -0.05) is 45.6 Å². The minimum absolute atomic E-state index is 0.228. The van der Waals surface area contributed by atoms with Crippen LogP contribution in [0.3, 0.4) is 0 Å². The molecule has 0 rings (SSSR count). The third-order valence-electron chi connectivity index (χ3n) is 3.42. The number of hydrogen-bond acceptors (Lipinski definition) is 4. The van der Waals surface area contributed by atoms with Crippen molar-refractivity contribution < 1.29 is 19.1 Å². The molecule has 0 spiro atoms. The molecule has 0 aromatic rings. The maximum Gasteiger partial charge on any atom is 0.323 e. The molecule has 0 N–H and O–H groups in total. The highest BCUT2D eigenvalue weighted by Crippen LogP contribution is 2.26. The maximum atomic E-state index is 12.2. The van der Waals surface area contributed by atoms with E-state index in [1.807, 2.05) is 0 Å². The Morgan fingerprint density at radius 3 is 1.71 bits per heavy atom. The van der Waals surface area contributed by atoms with Crippen LogP contribution in [0.4, 0.5) is 0 Å².